The van der Waals surface area contributed by atoms with E-state index in [-0.39, 0.29) is 0 Å². The molecule has 3 aromatic heterocycles. The topological polar surface area (TPSA) is 75.3 Å². The second kappa shape index (κ2) is 9.04. The van der Waals surface area contributed by atoms with Crippen LogP contribution in [0.15, 0.2) is 42.7 Å². The molecule has 0 unspecified atom stereocenters. The number of aromatic nitrogens is 3. The van der Waals surface area contributed by atoms with E-state index >= 15 is 0 Å². The van der Waals surface area contributed by atoms with Crippen LogP contribution in [0.5, 0.6) is 11.5 Å². The highest BCUT2D eigenvalue weighted by atomic mass is 16.5. The number of rotatable bonds is 8. The largest absolute Gasteiger partial charge is 0.493 e. The molecular weight excluding hydrogens is 402 g/mol. The molecule has 1 fully saturated rings. The van der Waals surface area contributed by atoms with Gasteiger partial charge in [-0.25, -0.2) is 4.98 Å². The van der Waals surface area contributed by atoms with Gasteiger partial charge in [0.25, 0.3) is 0 Å². The van der Waals surface area contributed by atoms with Gasteiger partial charge in [0.1, 0.15) is 5.82 Å². The molecule has 2 N–H and O–H groups in total. The van der Waals surface area contributed by atoms with Crippen molar-refractivity contribution in [1.29, 1.82) is 0 Å². The van der Waals surface area contributed by atoms with Gasteiger partial charge in [-0.1, -0.05) is 0 Å². The molecule has 0 radical (unpaired) electrons. The van der Waals surface area contributed by atoms with Crippen molar-refractivity contribution >= 4 is 27.6 Å². The summed E-state index contributed by atoms with van der Waals surface area (Å²) in [5.74, 6) is 2.31. The molecule has 0 spiro atoms. The Bertz CT molecular complexity index is 1230. The van der Waals surface area contributed by atoms with E-state index in [0.29, 0.717) is 6.61 Å². The molecule has 1 saturated heterocycles. The average molecular weight is 432 g/mol. The third-order valence-electron chi connectivity index (χ3n) is 6.16. The molecule has 1 aliphatic rings. The van der Waals surface area contributed by atoms with Gasteiger partial charge in [0.15, 0.2) is 11.5 Å². The van der Waals surface area contributed by atoms with Gasteiger partial charge >= 0.3 is 0 Å². The molecule has 4 aromatic rings. The number of pyridine rings is 2. The lowest BCUT2D eigenvalue weighted by atomic mass is 10.1. The number of hydrogen-bond donors (Lipinski definition) is 2. The Kier molecular flexibility index (Phi) is 5.81. The number of aromatic amines is 1. The van der Waals surface area contributed by atoms with Crippen molar-refractivity contribution < 1.29 is 9.47 Å². The molecule has 7 heteroatoms. The molecular formula is C25H29N5O2. The van der Waals surface area contributed by atoms with Crippen LogP contribution in [-0.4, -0.2) is 60.3 Å². The van der Waals surface area contributed by atoms with E-state index in [4.69, 9.17) is 14.5 Å². The van der Waals surface area contributed by atoms with Gasteiger partial charge < -0.3 is 24.7 Å². The fourth-order valence-corrected chi connectivity index (χ4v) is 4.54. The lowest BCUT2D eigenvalue weighted by Crippen LogP contribution is -2.21. The number of anilines is 1. The maximum Gasteiger partial charge on any atom is 0.163 e. The zero-order valence-electron chi connectivity index (χ0n) is 18.6. The van der Waals surface area contributed by atoms with Crippen LogP contribution in [0.25, 0.3) is 33.1 Å². The maximum atomic E-state index is 6.13. The Labute approximate surface area is 187 Å². The van der Waals surface area contributed by atoms with E-state index in [2.05, 4.69) is 26.3 Å². The first kappa shape index (κ1) is 20.6. The molecule has 1 aromatic carbocycles. The predicted octanol–water partition coefficient (Wildman–Crippen LogP) is 4.69. The molecule has 0 bridgehead atoms. The molecule has 0 atom stereocenters. The monoisotopic (exact) mass is 431 g/mol. The summed E-state index contributed by atoms with van der Waals surface area (Å²) in [7, 11) is 3.55. The van der Waals surface area contributed by atoms with Gasteiger partial charge in [-0.05, 0) is 56.6 Å². The molecule has 0 amide bonds. The van der Waals surface area contributed by atoms with Gasteiger partial charge in [0.05, 0.1) is 30.4 Å². The quantitative estimate of drug-likeness (QED) is 0.394. The molecule has 0 saturated carbocycles. The van der Waals surface area contributed by atoms with Crippen LogP contribution in [0.2, 0.25) is 0 Å². The van der Waals surface area contributed by atoms with Crippen molar-refractivity contribution in [3.63, 3.8) is 0 Å². The van der Waals surface area contributed by atoms with E-state index < -0.39 is 0 Å². The van der Waals surface area contributed by atoms with Crippen LogP contribution < -0.4 is 14.8 Å². The summed E-state index contributed by atoms with van der Waals surface area (Å²) < 4.78 is 11.8. The Morgan fingerprint density at radius 2 is 1.88 bits per heavy atom. The normalized spacial score (nSPS) is 14.3. The molecule has 166 valence electrons. The number of nitrogens with zero attached hydrogens (tertiary/aromatic N) is 3. The lowest BCUT2D eigenvalue weighted by Gasteiger charge is -2.15. The second-order valence-electron chi connectivity index (χ2n) is 8.19. The van der Waals surface area contributed by atoms with Crippen molar-refractivity contribution in [2.45, 2.75) is 19.3 Å². The van der Waals surface area contributed by atoms with Gasteiger partial charge in [-0.3, -0.25) is 4.98 Å². The number of H-pyrrole nitrogens is 1. The average Bonchev–Trinajstić information content (AvgIpc) is 3.48. The van der Waals surface area contributed by atoms with Crippen molar-refractivity contribution in [2.24, 2.45) is 0 Å². The Hall–Kier alpha value is -3.32. The standard InChI is InChI=1S/C25H29N5O2/c1-26-23-14-17(6-8-27-23)25-24-18-15-21(31-2)22(16-20(18)29-19(24)7-9-28-25)32-13-5-12-30-10-3-4-11-30/h6-9,14-16,29H,3-5,10-13H2,1-2H3,(H,26,27). The van der Waals surface area contributed by atoms with Gasteiger partial charge in [-0.2, -0.15) is 0 Å². The van der Waals surface area contributed by atoms with Crippen molar-refractivity contribution in [1.82, 2.24) is 19.9 Å². The van der Waals surface area contributed by atoms with Crippen LogP contribution in [0.1, 0.15) is 19.3 Å². The van der Waals surface area contributed by atoms with E-state index in [9.17, 15) is 0 Å². The first-order valence-electron chi connectivity index (χ1n) is 11.2. The lowest BCUT2D eigenvalue weighted by molar-refractivity contribution is 0.254. The highest BCUT2D eigenvalue weighted by molar-refractivity contribution is 6.14. The summed E-state index contributed by atoms with van der Waals surface area (Å²) >= 11 is 0. The van der Waals surface area contributed by atoms with Crippen molar-refractivity contribution in [2.75, 3.05) is 45.7 Å². The fraction of sp³-hybridized carbons (Fsp3) is 0.360. The van der Waals surface area contributed by atoms with Crippen molar-refractivity contribution in [3.05, 3.63) is 42.7 Å². The molecule has 1 aliphatic heterocycles. The predicted molar refractivity (Wildman–Crippen MR) is 129 cm³/mol. The number of fused-ring (bicyclic) bond motifs is 3. The molecule has 7 nitrogen and oxygen atoms in total. The summed E-state index contributed by atoms with van der Waals surface area (Å²) in [5, 5.41) is 5.22. The number of hydrogen-bond acceptors (Lipinski definition) is 6. The zero-order chi connectivity index (χ0) is 21.9. The highest BCUT2D eigenvalue weighted by Crippen LogP contribution is 2.39. The van der Waals surface area contributed by atoms with Crippen molar-refractivity contribution in [3.8, 4) is 22.8 Å². The molecule has 4 heterocycles. The Morgan fingerprint density at radius 3 is 2.69 bits per heavy atom. The molecule has 5 rings (SSSR count). The number of likely N-dealkylation sites (tertiary alicyclic amines) is 1. The minimum Gasteiger partial charge on any atom is -0.493 e. The van der Waals surface area contributed by atoms with E-state index in [1.807, 2.05) is 37.5 Å². The number of ether oxygens (including phenoxy) is 2. The first-order valence-corrected chi connectivity index (χ1v) is 11.2. The van der Waals surface area contributed by atoms with Gasteiger partial charge in [0, 0.05) is 48.4 Å². The second-order valence-corrected chi connectivity index (χ2v) is 8.19. The Morgan fingerprint density at radius 1 is 1.03 bits per heavy atom. The van der Waals surface area contributed by atoms with Gasteiger partial charge in [-0.15, -0.1) is 0 Å². The summed E-state index contributed by atoms with van der Waals surface area (Å²) in [6, 6.07) is 10.1. The minimum atomic E-state index is 0.676. The molecule has 0 aliphatic carbocycles. The van der Waals surface area contributed by atoms with Crippen LogP contribution in [0.3, 0.4) is 0 Å². The summed E-state index contributed by atoms with van der Waals surface area (Å²) in [5.41, 5.74) is 3.96. The minimum absolute atomic E-state index is 0.676. The third-order valence-corrected chi connectivity index (χ3v) is 6.16. The van der Waals surface area contributed by atoms with E-state index in [0.717, 1.165) is 63.3 Å². The third kappa shape index (κ3) is 3.96. The van der Waals surface area contributed by atoms with Crippen LogP contribution in [-0.2, 0) is 0 Å². The smallest absolute Gasteiger partial charge is 0.163 e. The summed E-state index contributed by atoms with van der Waals surface area (Å²) in [6.45, 7) is 4.20. The number of methoxy groups -OCH3 is 1. The summed E-state index contributed by atoms with van der Waals surface area (Å²) in [6.07, 6.45) is 7.28. The van der Waals surface area contributed by atoms with Gasteiger partial charge in [0.2, 0.25) is 0 Å². The SMILES string of the molecule is CNc1cc(-c2nccc3[nH]c4cc(OCCCN5CCCC5)c(OC)cc4c23)ccn1. The van der Waals surface area contributed by atoms with Crippen LogP contribution in [0, 0.1) is 0 Å². The fourth-order valence-electron chi connectivity index (χ4n) is 4.54. The molecule has 32 heavy (non-hydrogen) atoms. The summed E-state index contributed by atoms with van der Waals surface area (Å²) in [4.78, 5) is 15.1. The maximum absolute atomic E-state index is 6.13. The van der Waals surface area contributed by atoms with E-state index in [1.54, 1.807) is 13.3 Å². The first-order chi connectivity index (χ1) is 15.8. The van der Waals surface area contributed by atoms with E-state index in [1.165, 1.54) is 25.9 Å². The van der Waals surface area contributed by atoms with Crippen LogP contribution in [0.4, 0.5) is 5.82 Å². The highest BCUT2D eigenvalue weighted by Gasteiger charge is 2.16. The zero-order valence-corrected chi connectivity index (χ0v) is 18.6. The van der Waals surface area contributed by atoms with Crippen LogP contribution >= 0.6 is 0 Å². The number of nitrogens with one attached hydrogen (secondary N) is 2. The Balaban J connectivity index is 1.48. The number of benzene rings is 1.